The second-order valence-electron chi connectivity index (χ2n) is 5.04. The number of hydrogen-bond donors (Lipinski definition) is 1. The van der Waals surface area contributed by atoms with Crippen LogP contribution in [0.5, 0.6) is 0 Å². The molecule has 2 atom stereocenters. The Morgan fingerprint density at radius 1 is 1.37 bits per heavy atom. The maximum atomic E-state index is 5.62. The first-order chi connectivity index (χ1) is 9.15. The van der Waals surface area contributed by atoms with Gasteiger partial charge in [0.15, 0.2) is 0 Å². The Hall–Kier alpha value is -0.870. The second kappa shape index (κ2) is 8.33. The molecule has 19 heavy (non-hydrogen) atoms. The van der Waals surface area contributed by atoms with Gasteiger partial charge in [0.2, 0.25) is 0 Å². The fourth-order valence-corrected chi connectivity index (χ4v) is 2.54. The van der Waals surface area contributed by atoms with Crippen LogP contribution >= 0.6 is 0 Å². The number of aromatic nitrogens is 2. The van der Waals surface area contributed by atoms with Crippen LogP contribution < -0.4 is 5.32 Å². The first-order valence-electron chi connectivity index (χ1n) is 7.45. The third-order valence-corrected chi connectivity index (χ3v) is 3.52. The highest BCUT2D eigenvalue weighted by atomic mass is 16.5. The van der Waals surface area contributed by atoms with Crippen molar-refractivity contribution in [1.29, 1.82) is 0 Å². The van der Waals surface area contributed by atoms with Crippen molar-refractivity contribution in [2.45, 2.75) is 65.6 Å². The maximum Gasteiger partial charge on any atom is 0.0725 e. The van der Waals surface area contributed by atoms with E-state index in [2.05, 4.69) is 48.9 Å². The van der Waals surface area contributed by atoms with Crippen LogP contribution in [0.15, 0.2) is 6.07 Å². The summed E-state index contributed by atoms with van der Waals surface area (Å²) in [5.41, 5.74) is 2.39. The van der Waals surface area contributed by atoms with Gasteiger partial charge in [-0.15, -0.1) is 0 Å². The van der Waals surface area contributed by atoms with Gasteiger partial charge in [-0.05, 0) is 39.3 Å². The molecule has 0 radical (unpaired) electrons. The Bertz CT molecular complexity index is 358. The second-order valence-corrected chi connectivity index (χ2v) is 5.04. The molecule has 1 aromatic heterocycles. The van der Waals surface area contributed by atoms with Gasteiger partial charge >= 0.3 is 0 Å². The molecule has 0 aromatic carbocycles. The Labute approximate surface area is 117 Å². The number of aryl methyl sites for hydroxylation is 2. The van der Waals surface area contributed by atoms with E-state index in [9.17, 15) is 0 Å². The third-order valence-electron chi connectivity index (χ3n) is 3.52. The van der Waals surface area contributed by atoms with Crippen LogP contribution in [0.1, 0.15) is 45.0 Å². The van der Waals surface area contributed by atoms with Crippen molar-refractivity contribution in [3.63, 3.8) is 0 Å². The van der Waals surface area contributed by atoms with Crippen LogP contribution in [0.25, 0.3) is 0 Å². The van der Waals surface area contributed by atoms with E-state index in [4.69, 9.17) is 4.74 Å². The summed E-state index contributed by atoms with van der Waals surface area (Å²) in [6, 6.07) is 2.54. The van der Waals surface area contributed by atoms with E-state index < -0.39 is 0 Å². The van der Waals surface area contributed by atoms with E-state index in [1.165, 1.54) is 5.69 Å². The molecule has 4 heteroatoms. The molecule has 0 saturated carbocycles. The van der Waals surface area contributed by atoms with Crippen molar-refractivity contribution >= 4 is 0 Å². The van der Waals surface area contributed by atoms with Crippen LogP contribution in [0.4, 0.5) is 0 Å². The topological polar surface area (TPSA) is 39.1 Å². The molecule has 0 amide bonds. The van der Waals surface area contributed by atoms with E-state index in [-0.39, 0.29) is 6.10 Å². The van der Waals surface area contributed by atoms with E-state index >= 15 is 0 Å². The smallest absolute Gasteiger partial charge is 0.0725 e. The molecule has 0 aliphatic heterocycles. The van der Waals surface area contributed by atoms with E-state index in [1.807, 2.05) is 0 Å². The molecule has 0 spiro atoms. The lowest BCUT2D eigenvalue weighted by molar-refractivity contribution is 0.0647. The molecule has 0 bridgehead atoms. The monoisotopic (exact) mass is 267 g/mol. The van der Waals surface area contributed by atoms with Gasteiger partial charge in [0.1, 0.15) is 0 Å². The molecule has 0 saturated heterocycles. The zero-order chi connectivity index (χ0) is 14.3. The van der Waals surface area contributed by atoms with Crippen molar-refractivity contribution in [2.75, 3.05) is 13.7 Å². The minimum atomic E-state index is 0.257. The average Bonchev–Trinajstić information content (AvgIpc) is 2.77. The van der Waals surface area contributed by atoms with Crippen molar-refractivity contribution in [2.24, 2.45) is 0 Å². The highest BCUT2D eigenvalue weighted by molar-refractivity contribution is 5.11. The van der Waals surface area contributed by atoms with Gasteiger partial charge in [-0.3, -0.25) is 4.68 Å². The molecule has 1 aromatic rings. The summed E-state index contributed by atoms with van der Waals surface area (Å²) < 4.78 is 7.71. The molecule has 110 valence electrons. The maximum absolute atomic E-state index is 5.62. The van der Waals surface area contributed by atoms with Gasteiger partial charge in [0.25, 0.3) is 0 Å². The molecule has 4 nitrogen and oxygen atoms in total. The lowest BCUT2D eigenvalue weighted by Crippen LogP contribution is -2.43. The predicted molar refractivity (Wildman–Crippen MR) is 79.5 cm³/mol. The number of rotatable bonds is 9. The highest BCUT2D eigenvalue weighted by Gasteiger charge is 2.21. The molecule has 2 unspecified atom stereocenters. The van der Waals surface area contributed by atoms with E-state index in [0.29, 0.717) is 6.04 Å². The minimum absolute atomic E-state index is 0.257. The Balaban J connectivity index is 2.79. The van der Waals surface area contributed by atoms with Crippen molar-refractivity contribution in [3.8, 4) is 0 Å². The van der Waals surface area contributed by atoms with E-state index in [1.54, 1.807) is 7.11 Å². The van der Waals surface area contributed by atoms with Crippen LogP contribution in [-0.4, -0.2) is 35.6 Å². The highest BCUT2D eigenvalue weighted by Crippen LogP contribution is 2.12. The number of nitrogens with one attached hydrogen (secondary N) is 1. The molecule has 1 heterocycles. The number of nitrogens with zero attached hydrogens (tertiary/aromatic N) is 2. The fraction of sp³-hybridized carbons (Fsp3) is 0.800. The van der Waals surface area contributed by atoms with Crippen molar-refractivity contribution in [3.05, 3.63) is 17.5 Å². The van der Waals surface area contributed by atoms with Gasteiger partial charge in [0.05, 0.1) is 11.8 Å². The molecule has 0 fully saturated rings. The predicted octanol–water partition coefficient (Wildman–Crippen LogP) is 2.55. The SMILES string of the molecule is CCCNC(Cc1cc(C)nn1CC)C(CC)OC. The summed E-state index contributed by atoms with van der Waals surface area (Å²) in [6.45, 7) is 10.5. The van der Waals surface area contributed by atoms with Crippen LogP contribution in [0.2, 0.25) is 0 Å². The summed E-state index contributed by atoms with van der Waals surface area (Å²) in [5.74, 6) is 0. The summed E-state index contributed by atoms with van der Waals surface area (Å²) in [6.07, 6.45) is 3.40. The van der Waals surface area contributed by atoms with Gasteiger partial charge in [-0.25, -0.2) is 0 Å². The molecular formula is C15H29N3O. The van der Waals surface area contributed by atoms with Crippen molar-refractivity contribution < 1.29 is 4.74 Å². The summed E-state index contributed by atoms with van der Waals surface area (Å²) in [5, 5.41) is 8.14. The Kier molecular flexibility index (Phi) is 7.10. The quantitative estimate of drug-likeness (QED) is 0.747. The molecule has 1 N–H and O–H groups in total. The Morgan fingerprint density at radius 3 is 2.63 bits per heavy atom. The van der Waals surface area contributed by atoms with Crippen LogP contribution in [0, 0.1) is 6.92 Å². The number of hydrogen-bond acceptors (Lipinski definition) is 3. The molecule has 1 rings (SSSR count). The fourth-order valence-electron chi connectivity index (χ4n) is 2.54. The lowest BCUT2D eigenvalue weighted by atomic mass is 10.0. The summed E-state index contributed by atoms with van der Waals surface area (Å²) in [7, 11) is 1.80. The number of ether oxygens (including phenoxy) is 1. The van der Waals surface area contributed by atoms with Gasteiger partial charge < -0.3 is 10.1 Å². The molecular weight excluding hydrogens is 238 g/mol. The standard InChI is InChI=1S/C15H29N3O/c1-6-9-16-14(15(7-2)19-5)11-13-10-12(4)17-18(13)8-3/h10,14-16H,6-9,11H2,1-5H3. The first-order valence-corrected chi connectivity index (χ1v) is 7.45. The van der Waals surface area contributed by atoms with Gasteiger partial charge in [0, 0.05) is 31.8 Å². The molecule has 0 aliphatic rings. The number of methoxy groups -OCH3 is 1. The normalized spacial score (nSPS) is 14.6. The van der Waals surface area contributed by atoms with Gasteiger partial charge in [-0.1, -0.05) is 13.8 Å². The van der Waals surface area contributed by atoms with Crippen LogP contribution in [-0.2, 0) is 17.7 Å². The molecule has 0 aliphatic carbocycles. The summed E-state index contributed by atoms with van der Waals surface area (Å²) >= 11 is 0. The zero-order valence-electron chi connectivity index (χ0n) is 13.1. The third kappa shape index (κ3) is 4.62. The van der Waals surface area contributed by atoms with E-state index in [0.717, 1.165) is 38.0 Å². The first kappa shape index (κ1) is 16.2. The lowest BCUT2D eigenvalue weighted by Gasteiger charge is -2.26. The average molecular weight is 267 g/mol. The van der Waals surface area contributed by atoms with Crippen LogP contribution in [0.3, 0.4) is 0 Å². The zero-order valence-corrected chi connectivity index (χ0v) is 13.1. The largest absolute Gasteiger partial charge is 0.380 e. The summed E-state index contributed by atoms with van der Waals surface area (Å²) in [4.78, 5) is 0. The Morgan fingerprint density at radius 2 is 2.11 bits per heavy atom. The van der Waals surface area contributed by atoms with Gasteiger partial charge in [-0.2, -0.15) is 5.10 Å². The van der Waals surface area contributed by atoms with Crippen molar-refractivity contribution in [1.82, 2.24) is 15.1 Å². The minimum Gasteiger partial charge on any atom is -0.380 e.